The molecule has 0 spiro atoms. The molecule has 2 rings (SSSR count). The summed E-state index contributed by atoms with van der Waals surface area (Å²) in [5.41, 5.74) is 1.47. The normalized spacial score (nSPS) is 10.0. The van der Waals surface area contributed by atoms with Crippen LogP contribution in [0.25, 0.3) is 11.3 Å². The Hall–Kier alpha value is -2.08. The lowest BCUT2D eigenvalue weighted by Gasteiger charge is -2.00. The molecule has 0 aliphatic heterocycles. The summed E-state index contributed by atoms with van der Waals surface area (Å²) in [7, 11) is 0. The van der Waals surface area contributed by atoms with Crippen molar-refractivity contribution >= 4 is 17.9 Å². The summed E-state index contributed by atoms with van der Waals surface area (Å²) in [5.74, 6) is 0. The van der Waals surface area contributed by atoms with Crippen LogP contribution in [0, 0.1) is 14.8 Å². The molecule has 0 bridgehead atoms. The van der Waals surface area contributed by atoms with Gasteiger partial charge in [-0.05, 0) is 6.07 Å². The Bertz CT molecular complexity index is 594. The predicted octanol–water partition coefficient (Wildman–Crippen LogP) is 2.71. The number of aromatic amines is 1. The topological polar surface area (TPSA) is 71.8 Å². The van der Waals surface area contributed by atoms with Crippen molar-refractivity contribution in [3.63, 3.8) is 0 Å². The van der Waals surface area contributed by atoms with Gasteiger partial charge in [-0.2, -0.15) is 0 Å². The van der Waals surface area contributed by atoms with Gasteiger partial charge in [0, 0.05) is 23.4 Å². The van der Waals surface area contributed by atoms with Gasteiger partial charge in [-0.1, -0.05) is 24.4 Å². The molecule has 0 radical (unpaired) electrons. The van der Waals surface area contributed by atoms with Gasteiger partial charge >= 0.3 is 0 Å². The van der Waals surface area contributed by atoms with E-state index >= 15 is 0 Å². The molecule has 16 heavy (non-hydrogen) atoms. The summed E-state index contributed by atoms with van der Waals surface area (Å²) in [5, 5.41) is 10.6. The number of H-pyrrole nitrogens is 1. The highest BCUT2D eigenvalue weighted by atomic mass is 32.1. The number of non-ortho nitro benzene ring substituents is 1. The van der Waals surface area contributed by atoms with Crippen molar-refractivity contribution in [3.8, 4) is 11.3 Å². The summed E-state index contributed by atoms with van der Waals surface area (Å²) >= 11 is 4.92. The van der Waals surface area contributed by atoms with Crippen LogP contribution in [0.1, 0.15) is 0 Å². The van der Waals surface area contributed by atoms with Gasteiger partial charge in [-0.15, -0.1) is 0 Å². The molecule has 6 heteroatoms. The van der Waals surface area contributed by atoms with Gasteiger partial charge in [0.1, 0.15) is 4.64 Å². The van der Waals surface area contributed by atoms with Crippen molar-refractivity contribution in [2.75, 3.05) is 0 Å². The Kier molecular flexibility index (Phi) is 2.74. The van der Waals surface area contributed by atoms with E-state index in [0.717, 1.165) is 0 Å². The van der Waals surface area contributed by atoms with Crippen LogP contribution in [-0.2, 0) is 0 Å². The standard InChI is InChI=1S/C10H7N3O2S/c14-13(15)8-3-1-2-7(4-8)9-5-10(16)12-6-11-9/h1-6H,(H,11,12,16). The first-order valence-electron chi connectivity index (χ1n) is 4.46. The maximum atomic E-state index is 10.6. The number of nitrogens with one attached hydrogen (secondary N) is 1. The van der Waals surface area contributed by atoms with Gasteiger partial charge in [-0.3, -0.25) is 10.1 Å². The minimum Gasteiger partial charge on any atom is -0.346 e. The van der Waals surface area contributed by atoms with Crippen molar-refractivity contribution in [3.05, 3.63) is 51.4 Å². The van der Waals surface area contributed by atoms with Gasteiger partial charge in [0.25, 0.3) is 5.69 Å². The van der Waals surface area contributed by atoms with E-state index in [4.69, 9.17) is 12.2 Å². The molecule has 1 aromatic heterocycles. The molecule has 0 saturated heterocycles. The first-order chi connectivity index (χ1) is 7.66. The van der Waals surface area contributed by atoms with E-state index in [2.05, 4.69) is 9.97 Å². The molecular weight excluding hydrogens is 226 g/mol. The molecule has 1 aromatic carbocycles. The van der Waals surface area contributed by atoms with Crippen LogP contribution in [0.15, 0.2) is 36.7 Å². The number of nitrogens with zero attached hydrogens (tertiary/aromatic N) is 2. The van der Waals surface area contributed by atoms with Crippen LogP contribution in [0.3, 0.4) is 0 Å². The van der Waals surface area contributed by atoms with Gasteiger partial charge < -0.3 is 4.98 Å². The smallest absolute Gasteiger partial charge is 0.270 e. The highest BCUT2D eigenvalue weighted by Crippen LogP contribution is 2.21. The summed E-state index contributed by atoms with van der Waals surface area (Å²) < 4.78 is 0.445. The molecule has 2 aromatic rings. The molecule has 0 atom stereocenters. The van der Waals surface area contributed by atoms with Crippen molar-refractivity contribution in [2.24, 2.45) is 0 Å². The second-order valence-corrected chi connectivity index (χ2v) is 3.52. The zero-order valence-corrected chi connectivity index (χ0v) is 8.90. The van der Waals surface area contributed by atoms with E-state index in [1.54, 1.807) is 18.2 Å². The Labute approximate surface area is 95.9 Å². The van der Waals surface area contributed by atoms with Crippen molar-refractivity contribution in [1.29, 1.82) is 0 Å². The first-order valence-corrected chi connectivity index (χ1v) is 4.87. The minimum atomic E-state index is -0.431. The predicted molar refractivity (Wildman–Crippen MR) is 61.5 cm³/mol. The van der Waals surface area contributed by atoms with Gasteiger partial charge in [0.2, 0.25) is 0 Å². The number of benzene rings is 1. The zero-order valence-electron chi connectivity index (χ0n) is 8.08. The maximum Gasteiger partial charge on any atom is 0.270 e. The third-order valence-electron chi connectivity index (χ3n) is 2.05. The lowest BCUT2D eigenvalue weighted by atomic mass is 10.1. The second kappa shape index (κ2) is 4.19. The van der Waals surface area contributed by atoms with Crippen LogP contribution in [-0.4, -0.2) is 14.9 Å². The van der Waals surface area contributed by atoms with Crippen LogP contribution in [0.2, 0.25) is 0 Å². The summed E-state index contributed by atoms with van der Waals surface area (Å²) in [6.45, 7) is 0. The maximum absolute atomic E-state index is 10.6. The molecule has 80 valence electrons. The number of nitro groups is 1. The Morgan fingerprint density at radius 3 is 2.88 bits per heavy atom. The van der Waals surface area contributed by atoms with E-state index in [-0.39, 0.29) is 5.69 Å². The number of hydrogen-bond acceptors (Lipinski definition) is 4. The average molecular weight is 233 g/mol. The van der Waals surface area contributed by atoms with Crippen molar-refractivity contribution < 1.29 is 4.92 Å². The number of hydrogen-bond donors (Lipinski definition) is 1. The average Bonchev–Trinajstić information content (AvgIpc) is 2.29. The molecular formula is C10H7N3O2S. The van der Waals surface area contributed by atoms with E-state index < -0.39 is 4.92 Å². The molecule has 1 N–H and O–H groups in total. The van der Waals surface area contributed by atoms with Crippen molar-refractivity contribution in [1.82, 2.24) is 9.97 Å². The van der Waals surface area contributed by atoms with Crippen LogP contribution in [0.5, 0.6) is 0 Å². The van der Waals surface area contributed by atoms with E-state index in [1.807, 2.05) is 0 Å². The van der Waals surface area contributed by atoms with Crippen LogP contribution in [0.4, 0.5) is 5.69 Å². The van der Waals surface area contributed by atoms with Gasteiger partial charge in [0.05, 0.1) is 11.3 Å². The minimum absolute atomic E-state index is 0.0497. The van der Waals surface area contributed by atoms with E-state index in [9.17, 15) is 10.1 Å². The largest absolute Gasteiger partial charge is 0.346 e. The number of rotatable bonds is 2. The Balaban J connectivity index is 2.52. The quantitative estimate of drug-likeness (QED) is 0.491. The molecule has 0 aliphatic rings. The highest BCUT2D eigenvalue weighted by molar-refractivity contribution is 7.71. The third-order valence-corrected chi connectivity index (χ3v) is 2.27. The fourth-order valence-corrected chi connectivity index (χ4v) is 1.49. The first kappa shape index (κ1) is 10.4. The monoisotopic (exact) mass is 233 g/mol. The van der Waals surface area contributed by atoms with E-state index in [0.29, 0.717) is 15.9 Å². The third kappa shape index (κ3) is 2.12. The fraction of sp³-hybridized carbons (Fsp3) is 0. The number of aromatic nitrogens is 2. The van der Waals surface area contributed by atoms with Crippen molar-refractivity contribution in [2.45, 2.75) is 0 Å². The van der Waals surface area contributed by atoms with Crippen LogP contribution < -0.4 is 0 Å². The SMILES string of the molecule is O=[N+]([O-])c1cccc(-c2cc(=S)nc[nH]2)c1. The zero-order chi connectivity index (χ0) is 11.5. The molecule has 0 fully saturated rings. The molecule has 1 heterocycles. The number of nitro benzene ring substituents is 1. The molecule has 5 nitrogen and oxygen atoms in total. The van der Waals surface area contributed by atoms with Gasteiger partial charge in [0.15, 0.2) is 0 Å². The lowest BCUT2D eigenvalue weighted by Crippen LogP contribution is -1.89. The second-order valence-electron chi connectivity index (χ2n) is 3.11. The Morgan fingerprint density at radius 1 is 1.38 bits per heavy atom. The summed E-state index contributed by atoms with van der Waals surface area (Å²) in [6, 6.07) is 7.99. The van der Waals surface area contributed by atoms with E-state index in [1.165, 1.54) is 18.5 Å². The van der Waals surface area contributed by atoms with Gasteiger partial charge in [-0.25, -0.2) is 4.98 Å². The summed E-state index contributed by atoms with van der Waals surface area (Å²) in [6.07, 6.45) is 1.47. The summed E-state index contributed by atoms with van der Waals surface area (Å²) in [4.78, 5) is 16.9. The molecule has 0 saturated carbocycles. The fourth-order valence-electron chi connectivity index (χ4n) is 1.32. The Morgan fingerprint density at radius 2 is 2.19 bits per heavy atom. The highest BCUT2D eigenvalue weighted by Gasteiger charge is 2.06. The molecule has 0 aliphatic carbocycles. The molecule has 0 amide bonds. The lowest BCUT2D eigenvalue weighted by molar-refractivity contribution is -0.384. The molecule has 0 unspecified atom stereocenters. The van der Waals surface area contributed by atoms with Crippen LogP contribution >= 0.6 is 12.2 Å².